The summed E-state index contributed by atoms with van der Waals surface area (Å²) >= 11 is 0. The van der Waals surface area contributed by atoms with E-state index in [0.29, 0.717) is 28.0 Å². The van der Waals surface area contributed by atoms with Gasteiger partial charge in [-0.25, -0.2) is 14.2 Å². The molecule has 0 radical (unpaired) electrons. The van der Waals surface area contributed by atoms with Crippen LogP contribution in [0, 0.1) is 0 Å². The van der Waals surface area contributed by atoms with E-state index in [0.717, 1.165) is 0 Å². The summed E-state index contributed by atoms with van der Waals surface area (Å²) in [5, 5.41) is 19.8. The fourth-order valence-corrected chi connectivity index (χ4v) is 3.26. The molecule has 0 saturated heterocycles. The van der Waals surface area contributed by atoms with E-state index >= 15 is 0 Å². The Balaban J connectivity index is 2.30. The number of aromatic nitrogens is 2. The number of hydrogen-bond acceptors (Lipinski definition) is 8. The van der Waals surface area contributed by atoms with Crippen LogP contribution in [0.15, 0.2) is 45.4 Å². The van der Waals surface area contributed by atoms with Gasteiger partial charge in [-0.05, 0) is 42.7 Å². The van der Waals surface area contributed by atoms with Gasteiger partial charge in [-0.3, -0.25) is 4.79 Å². The van der Waals surface area contributed by atoms with E-state index in [9.17, 15) is 19.5 Å². The summed E-state index contributed by atoms with van der Waals surface area (Å²) in [6, 6.07) is 4.98. The van der Waals surface area contributed by atoms with Gasteiger partial charge in [0.2, 0.25) is 0 Å². The molecule has 0 fully saturated rings. The molecule has 1 unspecified atom stereocenters. The molecule has 1 atom stereocenters. The summed E-state index contributed by atoms with van der Waals surface area (Å²) in [6.07, 6.45) is 0. The van der Waals surface area contributed by atoms with E-state index in [1.807, 2.05) is 0 Å². The number of ketones is 1. The normalized spacial score (nSPS) is 17.1. The Hall–Kier alpha value is -3.49. The third kappa shape index (κ3) is 3.07. The van der Waals surface area contributed by atoms with Gasteiger partial charge in [-0.15, -0.1) is 0 Å². The number of Topliss-reactive ketones (excluding diaryl/α,β-unsaturated/α-hetero) is 1. The first-order valence-electron chi connectivity index (χ1n) is 8.21. The second kappa shape index (κ2) is 7.02. The Morgan fingerprint density at radius 1 is 1.19 bits per heavy atom. The number of aliphatic carboxylic acids is 1. The van der Waals surface area contributed by atoms with E-state index in [1.165, 1.54) is 0 Å². The predicted molar refractivity (Wildman–Crippen MR) is 92.4 cm³/mol. The molecule has 0 amide bonds. The Kier molecular flexibility index (Phi) is 4.76. The molecule has 0 aliphatic carbocycles. The first-order chi connectivity index (χ1) is 12.9. The van der Waals surface area contributed by atoms with Crippen molar-refractivity contribution < 1.29 is 28.9 Å². The second-order valence-corrected chi connectivity index (χ2v) is 5.97. The molecule has 0 bridgehead atoms. The maximum absolute atomic E-state index is 12.7. The number of hydrogen-bond donors (Lipinski definition) is 2. The van der Waals surface area contributed by atoms with Crippen molar-refractivity contribution in [1.29, 1.82) is 0 Å². The van der Waals surface area contributed by atoms with Crippen molar-refractivity contribution in [3.63, 3.8) is 0 Å². The van der Waals surface area contributed by atoms with Gasteiger partial charge >= 0.3 is 11.9 Å². The number of carboxylic acid groups (broad SMARTS) is 1. The minimum Gasteiger partial charge on any atom is -0.475 e. The van der Waals surface area contributed by atoms with Crippen LogP contribution >= 0.6 is 0 Å². The molecule has 1 aliphatic heterocycles. The molecule has 0 spiro atoms. The van der Waals surface area contributed by atoms with Gasteiger partial charge in [-0.2, -0.15) is 0 Å². The molecule has 2 N–H and O–H groups in total. The SMILES string of the molecule is CCOC(=O)C1=C(C)NC(C)=C(C(=O)C(=O)O)C1c1cccc2nonc12. The minimum atomic E-state index is -1.62. The lowest BCUT2D eigenvalue weighted by molar-refractivity contribution is -0.147. The molecule has 3 rings (SSSR count). The molecule has 1 aliphatic rings. The van der Waals surface area contributed by atoms with Crippen LogP contribution in [-0.4, -0.2) is 39.7 Å². The molecule has 27 heavy (non-hydrogen) atoms. The maximum atomic E-state index is 12.7. The summed E-state index contributed by atoms with van der Waals surface area (Å²) < 4.78 is 9.91. The van der Waals surface area contributed by atoms with Crippen molar-refractivity contribution in [2.24, 2.45) is 0 Å². The average Bonchev–Trinajstić information content (AvgIpc) is 3.09. The lowest BCUT2D eigenvalue weighted by Gasteiger charge is -2.30. The molecule has 2 heterocycles. The van der Waals surface area contributed by atoms with E-state index in [2.05, 4.69) is 15.6 Å². The number of fused-ring (bicyclic) bond motifs is 1. The lowest BCUT2D eigenvalue weighted by Crippen LogP contribution is -2.34. The minimum absolute atomic E-state index is 0.0633. The molecule has 1 aromatic heterocycles. The molecule has 140 valence electrons. The number of rotatable bonds is 5. The summed E-state index contributed by atoms with van der Waals surface area (Å²) in [5.74, 6) is -4.37. The number of allylic oxidation sites excluding steroid dienone is 2. The van der Waals surface area contributed by atoms with Crippen molar-refractivity contribution in [3.05, 3.63) is 46.3 Å². The molecule has 9 nitrogen and oxygen atoms in total. The fourth-order valence-electron chi connectivity index (χ4n) is 3.26. The lowest BCUT2D eigenvalue weighted by atomic mass is 9.78. The van der Waals surface area contributed by atoms with Gasteiger partial charge in [0.15, 0.2) is 0 Å². The highest BCUT2D eigenvalue weighted by molar-refractivity contribution is 6.40. The van der Waals surface area contributed by atoms with Gasteiger partial charge in [0.25, 0.3) is 5.78 Å². The third-order valence-electron chi connectivity index (χ3n) is 4.32. The highest BCUT2D eigenvalue weighted by atomic mass is 16.6. The monoisotopic (exact) mass is 371 g/mol. The molecule has 1 aromatic carbocycles. The summed E-state index contributed by atoms with van der Waals surface area (Å²) in [5.41, 5.74) is 2.07. The number of dihydropyridines is 1. The van der Waals surface area contributed by atoms with E-state index in [-0.39, 0.29) is 17.8 Å². The van der Waals surface area contributed by atoms with Crippen LogP contribution in [-0.2, 0) is 19.1 Å². The standard InChI is InChI=1S/C18H17N3O6/c1-4-26-18(25)13-9(3)19-8(2)12(16(22)17(23)24)14(13)10-6-5-7-11-15(10)21-27-20-11/h5-7,14,19H,4H2,1-3H3,(H,23,24). The van der Waals surface area contributed by atoms with E-state index < -0.39 is 23.6 Å². The first kappa shape index (κ1) is 18.3. The van der Waals surface area contributed by atoms with Gasteiger partial charge < -0.3 is 15.2 Å². The second-order valence-electron chi connectivity index (χ2n) is 5.97. The smallest absolute Gasteiger partial charge is 0.376 e. The van der Waals surface area contributed by atoms with Crippen molar-refractivity contribution in [2.45, 2.75) is 26.7 Å². The van der Waals surface area contributed by atoms with Crippen molar-refractivity contribution in [2.75, 3.05) is 6.61 Å². The number of ether oxygens (including phenoxy) is 1. The van der Waals surface area contributed by atoms with Gasteiger partial charge in [0, 0.05) is 17.0 Å². The van der Waals surface area contributed by atoms with E-state index in [1.54, 1.807) is 39.0 Å². The van der Waals surface area contributed by atoms with Crippen molar-refractivity contribution >= 4 is 28.8 Å². The predicted octanol–water partition coefficient (Wildman–Crippen LogP) is 1.67. The highest BCUT2D eigenvalue weighted by Crippen LogP contribution is 2.41. The maximum Gasteiger partial charge on any atom is 0.376 e. The summed E-state index contributed by atoms with van der Waals surface area (Å²) in [7, 11) is 0. The van der Waals surface area contributed by atoms with Gasteiger partial charge in [0.05, 0.1) is 18.1 Å². The first-order valence-corrected chi connectivity index (χ1v) is 8.21. The topological polar surface area (TPSA) is 132 Å². The third-order valence-corrected chi connectivity index (χ3v) is 4.32. The quantitative estimate of drug-likeness (QED) is 0.595. The van der Waals surface area contributed by atoms with Crippen molar-refractivity contribution in [3.8, 4) is 0 Å². The van der Waals surface area contributed by atoms with Crippen LogP contribution < -0.4 is 5.32 Å². The van der Waals surface area contributed by atoms with Gasteiger partial charge in [-0.1, -0.05) is 12.1 Å². The Morgan fingerprint density at radius 2 is 1.89 bits per heavy atom. The summed E-state index contributed by atoms with van der Waals surface area (Å²) in [6.45, 7) is 5.02. The number of carboxylic acids is 1. The van der Waals surface area contributed by atoms with Crippen LogP contribution in [0.3, 0.4) is 0 Å². The number of nitrogens with zero attached hydrogens (tertiary/aromatic N) is 2. The van der Waals surface area contributed by atoms with Gasteiger partial charge in [0.1, 0.15) is 11.0 Å². The fraction of sp³-hybridized carbons (Fsp3) is 0.278. The van der Waals surface area contributed by atoms with Crippen LogP contribution in [0.2, 0.25) is 0 Å². The number of carbonyl (C=O) groups is 3. The van der Waals surface area contributed by atoms with Crippen LogP contribution in [0.4, 0.5) is 0 Å². The van der Waals surface area contributed by atoms with Crippen LogP contribution in [0.1, 0.15) is 32.3 Å². The van der Waals surface area contributed by atoms with Crippen molar-refractivity contribution in [1.82, 2.24) is 15.6 Å². The zero-order chi connectivity index (χ0) is 19.7. The zero-order valence-corrected chi connectivity index (χ0v) is 14.9. The Bertz CT molecular complexity index is 1020. The average molecular weight is 371 g/mol. The molecular formula is C18H17N3O6. The number of esters is 1. The molecule has 9 heteroatoms. The highest BCUT2D eigenvalue weighted by Gasteiger charge is 2.40. The molecule has 0 saturated carbocycles. The zero-order valence-electron chi connectivity index (χ0n) is 14.9. The molecule has 2 aromatic rings. The largest absolute Gasteiger partial charge is 0.475 e. The Morgan fingerprint density at radius 3 is 2.56 bits per heavy atom. The number of nitrogens with one attached hydrogen (secondary N) is 1. The number of benzene rings is 1. The molecular weight excluding hydrogens is 354 g/mol. The Labute approximate surface area is 153 Å². The summed E-state index contributed by atoms with van der Waals surface area (Å²) in [4.78, 5) is 36.5. The number of carbonyl (C=O) groups excluding carboxylic acids is 2. The van der Waals surface area contributed by atoms with Crippen LogP contribution in [0.5, 0.6) is 0 Å². The van der Waals surface area contributed by atoms with Crippen LogP contribution in [0.25, 0.3) is 11.0 Å². The van der Waals surface area contributed by atoms with E-state index in [4.69, 9.17) is 9.37 Å².